The molecule has 0 aliphatic heterocycles. The van der Waals surface area contributed by atoms with E-state index in [4.69, 9.17) is 0 Å². The summed E-state index contributed by atoms with van der Waals surface area (Å²) >= 11 is 0. The number of aromatic nitrogens is 4. The van der Waals surface area contributed by atoms with Crippen LogP contribution in [0.25, 0.3) is 0 Å². The van der Waals surface area contributed by atoms with E-state index in [0.717, 1.165) is 31.6 Å². The van der Waals surface area contributed by atoms with Gasteiger partial charge in [-0.1, -0.05) is 20.8 Å². The van der Waals surface area contributed by atoms with E-state index < -0.39 is 0 Å². The number of hydrogen-bond donors (Lipinski definition) is 1. The summed E-state index contributed by atoms with van der Waals surface area (Å²) in [7, 11) is 1.91. The Bertz CT molecular complexity index is 281. The summed E-state index contributed by atoms with van der Waals surface area (Å²) in [5.41, 5.74) is 0.0791. The van der Waals surface area contributed by atoms with E-state index in [2.05, 4.69) is 41.6 Å². The van der Waals surface area contributed by atoms with Crippen LogP contribution in [0.4, 0.5) is 0 Å². The zero-order valence-electron chi connectivity index (χ0n) is 10.1. The molecule has 5 nitrogen and oxygen atoms in total. The van der Waals surface area contributed by atoms with Crippen molar-refractivity contribution in [3.05, 3.63) is 5.82 Å². The van der Waals surface area contributed by atoms with Gasteiger partial charge in [0.1, 0.15) is 0 Å². The molecule has 1 rings (SSSR count). The molecule has 1 heterocycles. The molecule has 1 aromatic heterocycles. The molecule has 0 unspecified atom stereocenters. The van der Waals surface area contributed by atoms with E-state index in [1.807, 2.05) is 11.7 Å². The fourth-order valence-corrected chi connectivity index (χ4v) is 2.04. The first-order chi connectivity index (χ1) is 7.24. The van der Waals surface area contributed by atoms with Gasteiger partial charge in [-0.2, -0.15) is 0 Å². The van der Waals surface area contributed by atoms with Crippen molar-refractivity contribution in [1.29, 1.82) is 0 Å². The van der Waals surface area contributed by atoms with E-state index >= 15 is 0 Å². The second-order valence-corrected chi connectivity index (χ2v) is 3.82. The van der Waals surface area contributed by atoms with Gasteiger partial charge in [-0.05, 0) is 36.7 Å². The molecule has 0 aliphatic rings. The van der Waals surface area contributed by atoms with Gasteiger partial charge in [-0.25, -0.2) is 4.68 Å². The van der Waals surface area contributed by atoms with Crippen LogP contribution in [-0.2, 0) is 12.1 Å². The molecule has 0 saturated carbocycles. The lowest BCUT2D eigenvalue weighted by Gasteiger charge is -2.31. The Kier molecular flexibility index (Phi) is 4.20. The SMILES string of the molecule is CCC(CC)(CC)n1nnnc1CNC. The third-order valence-corrected chi connectivity index (χ3v) is 3.29. The molecule has 1 N–H and O–H groups in total. The lowest BCUT2D eigenvalue weighted by Crippen LogP contribution is -2.35. The maximum Gasteiger partial charge on any atom is 0.165 e. The highest BCUT2D eigenvalue weighted by molar-refractivity contribution is 4.91. The smallest absolute Gasteiger partial charge is 0.165 e. The molecule has 0 radical (unpaired) electrons. The van der Waals surface area contributed by atoms with Gasteiger partial charge in [-0.3, -0.25) is 0 Å². The second kappa shape index (κ2) is 5.21. The van der Waals surface area contributed by atoms with Crippen LogP contribution in [0.5, 0.6) is 0 Å². The van der Waals surface area contributed by atoms with Gasteiger partial charge in [0.15, 0.2) is 5.82 Å². The Labute approximate surface area is 91.2 Å². The number of nitrogens with one attached hydrogen (secondary N) is 1. The maximum absolute atomic E-state index is 4.14. The third kappa shape index (κ3) is 2.17. The van der Waals surface area contributed by atoms with Crippen molar-refractivity contribution >= 4 is 0 Å². The number of rotatable bonds is 6. The molecular weight excluding hydrogens is 190 g/mol. The van der Waals surface area contributed by atoms with E-state index in [-0.39, 0.29) is 5.54 Å². The summed E-state index contributed by atoms with van der Waals surface area (Å²) in [5.74, 6) is 0.919. The second-order valence-electron chi connectivity index (χ2n) is 3.82. The molecule has 15 heavy (non-hydrogen) atoms. The molecule has 0 saturated heterocycles. The molecule has 1 aromatic rings. The number of tetrazole rings is 1. The predicted molar refractivity (Wildman–Crippen MR) is 59.4 cm³/mol. The highest BCUT2D eigenvalue weighted by Crippen LogP contribution is 2.28. The zero-order chi connectivity index (χ0) is 11.3. The van der Waals surface area contributed by atoms with E-state index in [9.17, 15) is 0 Å². The predicted octanol–water partition coefficient (Wildman–Crippen LogP) is 1.32. The van der Waals surface area contributed by atoms with E-state index in [0.29, 0.717) is 0 Å². The summed E-state index contributed by atoms with van der Waals surface area (Å²) < 4.78 is 1.99. The van der Waals surface area contributed by atoms with Crippen LogP contribution in [0.15, 0.2) is 0 Å². The molecule has 5 heteroatoms. The van der Waals surface area contributed by atoms with Crippen LogP contribution in [0.3, 0.4) is 0 Å². The van der Waals surface area contributed by atoms with Crippen LogP contribution in [-0.4, -0.2) is 27.3 Å². The minimum atomic E-state index is 0.0791. The molecular formula is C10H21N5. The van der Waals surface area contributed by atoms with Gasteiger partial charge in [0.05, 0.1) is 12.1 Å². The van der Waals surface area contributed by atoms with E-state index in [1.165, 1.54) is 0 Å². The van der Waals surface area contributed by atoms with Crippen molar-refractivity contribution in [3.8, 4) is 0 Å². The lowest BCUT2D eigenvalue weighted by molar-refractivity contribution is 0.212. The lowest BCUT2D eigenvalue weighted by atomic mass is 9.90. The molecule has 0 fully saturated rings. The fraction of sp³-hybridized carbons (Fsp3) is 0.900. The molecule has 0 amide bonds. The number of nitrogens with zero attached hydrogens (tertiary/aromatic N) is 4. The molecule has 86 valence electrons. The van der Waals surface area contributed by atoms with Crippen molar-refractivity contribution in [2.75, 3.05) is 7.05 Å². The Hall–Kier alpha value is -0.970. The van der Waals surface area contributed by atoms with Gasteiger partial charge >= 0.3 is 0 Å². The van der Waals surface area contributed by atoms with Gasteiger partial charge in [0, 0.05) is 0 Å². The van der Waals surface area contributed by atoms with Gasteiger partial charge in [-0.15, -0.1) is 5.10 Å². The molecule has 0 spiro atoms. The summed E-state index contributed by atoms with van der Waals surface area (Å²) in [6.07, 6.45) is 3.17. The van der Waals surface area contributed by atoms with Crippen LogP contribution in [0.2, 0.25) is 0 Å². The van der Waals surface area contributed by atoms with Crippen molar-refractivity contribution in [1.82, 2.24) is 25.5 Å². The molecule has 0 bridgehead atoms. The first kappa shape index (κ1) is 12.1. The van der Waals surface area contributed by atoms with Crippen LogP contribution in [0.1, 0.15) is 45.9 Å². The first-order valence-electron chi connectivity index (χ1n) is 5.66. The topological polar surface area (TPSA) is 55.6 Å². The average molecular weight is 211 g/mol. The quantitative estimate of drug-likeness (QED) is 0.771. The summed E-state index contributed by atoms with van der Waals surface area (Å²) in [4.78, 5) is 0. The van der Waals surface area contributed by atoms with Crippen molar-refractivity contribution in [2.24, 2.45) is 0 Å². The molecule has 0 aromatic carbocycles. The minimum absolute atomic E-state index is 0.0791. The van der Waals surface area contributed by atoms with E-state index in [1.54, 1.807) is 0 Å². The standard InChI is InChI=1S/C10H21N5/c1-5-10(6-2,7-3)15-9(8-11-4)12-13-14-15/h11H,5-8H2,1-4H3. The molecule has 0 atom stereocenters. The Morgan fingerprint density at radius 2 is 1.80 bits per heavy atom. The number of hydrogen-bond acceptors (Lipinski definition) is 4. The highest BCUT2D eigenvalue weighted by Gasteiger charge is 2.29. The molecule has 0 aliphatic carbocycles. The van der Waals surface area contributed by atoms with Crippen LogP contribution in [0, 0.1) is 0 Å². The monoisotopic (exact) mass is 211 g/mol. The average Bonchev–Trinajstić information content (AvgIpc) is 2.71. The van der Waals surface area contributed by atoms with Crippen molar-refractivity contribution < 1.29 is 0 Å². The van der Waals surface area contributed by atoms with Gasteiger partial charge < -0.3 is 5.32 Å². The van der Waals surface area contributed by atoms with Crippen molar-refractivity contribution in [3.63, 3.8) is 0 Å². The third-order valence-electron chi connectivity index (χ3n) is 3.29. The minimum Gasteiger partial charge on any atom is -0.313 e. The first-order valence-corrected chi connectivity index (χ1v) is 5.66. The van der Waals surface area contributed by atoms with Crippen molar-refractivity contribution in [2.45, 2.75) is 52.1 Å². The van der Waals surface area contributed by atoms with Crippen LogP contribution < -0.4 is 5.32 Å². The van der Waals surface area contributed by atoms with Gasteiger partial charge in [0.25, 0.3) is 0 Å². The summed E-state index contributed by atoms with van der Waals surface area (Å²) in [6.45, 7) is 7.29. The highest BCUT2D eigenvalue weighted by atomic mass is 15.6. The normalized spacial score (nSPS) is 12.0. The summed E-state index contributed by atoms with van der Waals surface area (Å²) in [5, 5.41) is 15.1. The summed E-state index contributed by atoms with van der Waals surface area (Å²) in [6, 6.07) is 0. The zero-order valence-corrected chi connectivity index (χ0v) is 10.1. The van der Waals surface area contributed by atoms with Crippen LogP contribution >= 0.6 is 0 Å². The fourth-order valence-electron chi connectivity index (χ4n) is 2.04. The Balaban J connectivity index is 3.04. The Morgan fingerprint density at radius 3 is 2.27 bits per heavy atom. The van der Waals surface area contributed by atoms with Gasteiger partial charge in [0.2, 0.25) is 0 Å². The Morgan fingerprint density at radius 1 is 1.20 bits per heavy atom. The largest absolute Gasteiger partial charge is 0.313 e. The maximum atomic E-state index is 4.14.